The summed E-state index contributed by atoms with van der Waals surface area (Å²) in [7, 11) is 0. The van der Waals surface area contributed by atoms with E-state index in [9.17, 15) is 26.3 Å². The van der Waals surface area contributed by atoms with Gasteiger partial charge in [0.15, 0.2) is 5.41 Å². The van der Waals surface area contributed by atoms with Crippen LogP contribution in [0, 0.1) is 11.3 Å². The molecule has 0 N–H and O–H groups in total. The summed E-state index contributed by atoms with van der Waals surface area (Å²) in [5.74, 6) is -1.53. The maximum absolute atomic E-state index is 12.1. The van der Waals surface area contributed by atoms with Crippen LogP contribution in [0.1, 0.15) is 20.8 Å². The molecule has 0 fully saturated rings. The average Bonchev–Trinajstić information content (AvgIpc) is 1.80. The molecule has 0 heterocycles. The van der Waals surface area contributed by atoms with Gasteiger partial charge in [-0.3, -0.25) is 0 Å². The van der Waals surface area contributed by atoms with Gasteiger partial charge in [0.2, 0.25) is 0 Å². The van der Waals surface area contributed by atoms with Crippen molar-refractivity contribution in [1.82, 2.24) is 0 Å². The van der Waals surface area contributed by atoms with Gasteiger partial charge in [0.25, 0.3) is 0 Å². The van der Waals surface area contributed by atoms with Crippen LogP contribution in [-0.2, 0) is 0 Å². The lowest BCUT2D eigenvalue weighted by Gasteiger charge is -2.37. The molecule has 0 aromatic heterocycles. The number of rotatable bonds is 1. The van der Waals surface area contributed by atoms with E-state index in [1.165, 1.54) is 0 Å². The molecule has 0 aromatic rings. The lowest BCUT2D eigenvalue weighted by Crippen LogP contribution is -2.51. The third-order valence-electron chi connectivity index (χ3n) is 2.33. The molecule has 0 saturated carbocycles. The van der Waals surface area contributed by atoms with Gasteiger partial charge < -0.3 is 0 Å². The molecule has 0 bridgehead atoms. The molecule has 0 aliphatic carbocycles. The number of hydrogen-bond donors (Lipinski definition) is 0. The summed E-state index contributed by atoms with van der Waals surface area (Å²) < 4.78 is 72.8. The number of halogens is 6. The average molecular weight is 208 g/mol. The Hall–Kier alpha value is -0.420. The quantitative estimate of drug-likeness (QED) is 0.575. The zero-order valence-electron chi connectivity index (χ0n) is 7.35. The fourth-order valence-electron chi connectivity index (χ4n) is 0.815. The lowest BCUT2D eigenvalue weighted by molar-refractivity contribution is -0.348. The van der Waals surface area contributed by atoms with Gasteiger partial charge in [-0.05, 0) is 12.8 Å². The van der Waals surface area contributed by atoms with Crippen molar-refractivity contribution in [2.75, 3.05) is 0 Å². The minimum Gasteiger partial charge on any atom is -0.170 e. The highest BCUT2D eigenvalue weighted by atomic mass is 19.4. The fourth-order valence-corrected chi connectivity index (χ4v) is 0.815. The van der Waals surface area contributed by atoms with Crippen molar-refractivity contribution in [3.8, 4) is 0 Å². The number of hydrogen-bond acceptors (Lipinski definition) is 0. The van der Waals surface area contributed by atoms with Gasteiger partial charge in [-0.15, -0.1) is 0 Å². The van der Waals surface area contributed by atoms with Crippen molar-refractivity contribution in [1.29, 1.82) is 0 Å². The van der Waals surface area contributed by atoms with E-state index in [0.29, 0.717) is 0 Å². The van der Waals surface area contributed by atoms with Crippen LogP contribution in [-0.4, -0.2) is 12.4 Å². The molecule has 0 aliphatic heterocycles. The normalized spacial score (nSPS) is 15.2. The van der Waals surface area contributed by atoms with E-state index in [1.54, 1.807) is 0 Å². The Bertz CT molecular complexity index is 160. The van der Waals surface area contributed by atoms with Crippen LogP contribution < -0.4 is 0 Å². The van der Waals surface area contributed by atoms with Crippen molar-refractivity contribution in [3.05, 3.63) is 0 Å². The van der Waals surface area contributed by atoms with Crippen molar-refractivity contribution in [3.63, 3.8) is 0 Å². The van der Waals surface area contributed by atoms with Gasteiger partial charge in [0, 0.05) is 0 Å². The summed E-state index contributed by atoms with van der Waals surface area (Å²) in [6.07, 6.45) is -10.5. The SMILES string of the molecule is CC(C)C(C)(C(F)(F)F)C(F)(F)F. The van der Waals surface area contributed by atoms with E-state index in [2.05, 4.69) is 0 Å². The first-order valence-electron chi connectivity index (χ1n) is 3.58. The van der Waals surface area contributed by atoms with Crippen LogP contribution in [0.4, 0.5) is 26.3 Å². The van der Waals surface area contributed by atoms with Crippen LogP contribution in [0.2, 0.25) is 0 Å². The second kappa shape index (κ2) is 3.06. The maximum Gasteiger partial charge on any atom is 0.403 e. The molecule has 0 aromatic carbocycles. The van der Waals surface area contributed by atoms with Gasteiger partial charge in [-0.25, -0.2) is 0 Å². The Morgan fingerprint density at radius 2 is 1.00 bits per heavy atom. The highest BCUT2D eigenvalue weighted by molar-refractivity contribution is 4.91. The van der Waals surface area contributed by atoms with E-state index in [1.807, 2.05) is 0 Å². The molecule has 0 saturated heterocycles. The van der Waals surface area contributed by atoms with Gasteiger partial charge in [0.05, 0.1) is 0 Å². The summed E-state index contributed by atoms with van der Waals surface area (Å²) in [6.45, 7) is 1.99. The van der Waals surface area contributed by atoms with Crippen LogP contribution in [0.3, 0.4) is 0 Å². The largest absolute Gasteiger partial charge is 0.403 e. The standard InChI is InChI=1S/C7H10F6/c1-4(2)5(3,6(8,9)10)7(11,12)13/h4H,1-3H3. The lowest BCUT2D eigenvalue weighted by atomic mass is 9.77. The molecule has 0 spiro atoms. The Morgan fingerprint density at radius 3 is 1.00 bits per heavy atom. The van der Waals surface area contributed by atoms with Crippen LogP contribution in [0.15, 0.2) is 0 Å². The fraction of sp³-hybridized carbons (Fsp3) is 1.00. The van der Waals surface area contributed by atoms with Gasteiger partial charge >= 0.3 is 12.4 Å². The van der Waals surface area contributed by atoms with E-state index < -0.39 is 23.7 Å². The zero-order valence-corrected chi connectivity index (χ0v) is 7.35. The Labute approximate surface area is 71.9 Å². The Morgan fingerprint density at radius 1 is 0.769 bits per heavy atom. The molecule has 80 valence electrons. The van der Waals surface area contributed by atoms with Crippen molar-refractivity contribution >= 4 is 0 Å². The second-order valence-corrected chi connectivity index (χ2v) is 3.35. The van der Waals surface area contributed by atoms with Gasteiger partial charge in [-0.1, -0.05) is 13.8 Å². The van der Waals surface area contributed by atoms with Crippen LogP contribution in [0.5, 0.6) is 0 Å². The molecule has 6 heteroatoms. The summed E-state index contributed by atoms with van der Waals surface area (Å²) in [5.41, 5.74) is -3.62. The highest BCUT2D eigenvalue weighted by Gasteiger charge is 2.68. The third kappa shape index (κ3) is 1.91. The smallest absolute Gasteiger partial charge is 0.170 e. The summed E-state index contributed by atoms with van der Waals surface area (Å²) in [5, 5.41) is 0. The molecule has 13 heavy (non-hydrogen) atoms. The van der Waals surface area contributed by atoms with E-state index in [0.717, 1.165) is 13.8 Å². The summed E-state index contributed by atoms with van der Waals surface area (Å²) >= 11 is 0. The van der Waals surface area contributed by atoms with Crippen LogP contribution >= 0.6 is 0 Å². The zero-order chi connectivity index (χ0) is 11.1. The molecule has 0 radical (unpaired) electrons. The molecule has 0 amide bonds. The molecule has 0 aliphatic rings. The first kappa shape index (κ1) is 12.6. The monoisotopic (exact) mass is 208 g/mol. The maximum atomic E-state index is 12.1. The van der Waals surface area contributed by atoms with Gasteiger partial charge in [0.1, 0.15) is 0 Å². The second-order valence-electron chi connectivity index (χ2n) is 3.35. The molecule has 0 rings (SSSR count). The highest BCUT2D eigenvalue weighted by Crippen LogP contribution is 2.54. The van der Waals surface area contributed by atoms with E-state index in [-0.39, 0.29) is 6.92 Å². The van der Waals surface area contributed by atoms with Crippen molar-refractivity contribution < 1.29 is 26.3 Å². The topological polar surface area (TPSA) is 0 Å². The minimum atomic E-state index is -5.26. The van der Waals surface area contributed by atoms with E-state index >= 15 is 0 Å². The van der Waals surface area contributed by atoms with Crippen molar-refractivity contribution in [2.45, 2.75) is 33.1 Å². The van der Waals surface area contributed by atoms with Gasteiger partial charge in [-0.2, -0.15) is 26.3 Å². The molecular weight excluding hydrogens is 198 g/mol. The molecule has 0 nitrogen and oxygen atoms in total. The van der Waals surface area contributed by atoms with Crippen LogP contribution in [0.25, 0.3) is 0 Å². The Balaban J connectivity index is 5.22. The van der Waals surface area contributed by atoms with Crippen molar-refractivity contribution in [2.24, 2.45) is 11.3 Å². The predicted octanol–water partition coefficient (Wildman–Crippen LogP) is 3.77. The molecule has 0 atom stereocenters. The molecular formula is C7H10F6. The summed E-state index contributed by atoms with van der Waals surface area (Å²) in [4.78, 5) is 0. The first-order chi connectivity index (χ1) is 5.44. The first-order valence-corrected chi connectivity index (χ1v) is 3.58. The third-order valence-corrected chi connectivity index (χ3v) is 2.33. The predicted molar refractivity (Wildman–Crippen MR) is 35.1 cm³/mol. The number of alkyl halides is 6. The Kier molecular flexibility index (Phi) is 2.96. The molecule has 0 unspecified atom stereocenters. The van der Waals surface area contributed by atoms with E-state index in [4.69, 9.17) is 0 Å². The minimum absolute atomic E-state index is 0.178. The summed E-state index contributed by atoms with van der Waals surface area (Å²) in [6, 6.07) is 0.